The summed E-state index contributed by atoms with van der Waals surface area (Å²) >= 11 is 7.77. The van der Waals surface area contributed by atoms with E-state index in [1.807, 2.05) is 31.3 Å². The van der Waals surface area contributed by atoms with Crippen molar-refractivity contribution >= 4 is 28.8 Å². The van der Waals surface area contributed by atoms with Crippen LogP contribution in [0.3, 0.4) is 0 Å². The number of carbonyl (C=O) groups is 1. The highest BCUT2D eigenvalue weighted by atomic mass is 35.5. The molecule has 6 heteroatoms. The average Bonchev–Trinajstić information content (AvgIpc) is 2.99. The topological polar surface area (TPSA) is 45.2 Å². The van der Waals surface area contributed by atoms with Crippen molar-refractivity contribution in [1.82, 2.24) is 15.2 Å². The van der Waals surface area contributed by atoms with Crippen molar-refractivity contribution in [3.8, 4) is 0 Å². The van der Waals surface area contributed by atoms with Gasteiger partial charge in [-0.15, -0.1) is 11.3 Å². The van der Waals surface area contributed by atoms with E-state index in [0.29, 0.717) is 24.5 Å². The van der Waals surface area contributed by atoms with E-state index in [1.165, 1.54) is 0 Å². The Morgan fingerprint density at radius 3 is 2.87 bits per heavy atom. The molecule has 0 saturated heterocycles. The van der Waals surface area contributed by atoms with Gasteiger partial charge in [0.15, 0.2) is 0 Å². The number of nitrogens with one attached hydrogen (secondary N) is 1. The Morgan fingerprint density at radius 2 is 2.17 bits per heavy atom. The van der Waals surface area contributed by atoms with Crippen molar-refractivity contribution in [2.75, 3.05) is 13.6 Å². The molecule has 0 atom stereocenters. The summed E-state index contributed by atoms with van der Waals surface area (Å²) < 4.78 is 0. The predicted octanol–water partition coefficient (Wildman–Crippen LogP) is 3.50. The van der Waals surface area contributed by atoms with Crippen LogP contribution in [-0.2, 0) is 24.3 Å². The summed E-state index contributed by atoms with van der Waals surface area (Å²) in [5.74, 6) is 0.0318. The Labute approximate surface area is 146 Å². The van der Waals surface area contributed by atoms with E-state index in [0.717, 1.165) is 29.2 Å². The standard InChI is InChI=1S/C17H22ClN3OS/c1-3-17-20-14(12-23-17)11-21(2)9-8-16(22)19-10-13-6-4-5-7-15(13)18/h4-7,12H,3,8-11H2,1-2H3,(H,19,22). The van der Waals surface area contributed by atoms with Gasteiger partial charge in [-0.2, -0.15) is 0 Å². The lowest BCUT2D eigenvalue weighted by atomic mass is 10.2. The Kier molecular flexibility index (Phi) is 7.02. The molecule has 2 aromatic rings. The largest absolute Gasteiger partial charge is 0.352 e. The molecule has 1 aromatic carbocycles. The molecule has 1 N–H and O–H groups in total. The fourth-order valence-electron chi connectivity index (χ4n) is 2.16. The number of halogens is 1. The summed E-state index contributed by atoms with van der Waals surface area (Å²) in [7, 11) is 2.01. The van der Waals surface area contributed by atoms with Crippen molar-refractivity contribution in [3.63, 3.8) is 0 Å². The zero-order valence-electron chi connectivity index (χ0n) is 13.5. The van der Waals surface area contributed by atoms with Crippen LogP contribution in [0.5, 0.6) is 0 Å². The number of amides is 1. The van der Waals surface area contributed by atoms with Gasteiger partial charge >= 0.3 is 0 Å². The second-order valence-corrected chi connectivity index (χ2v) is 6.79. The minimum absolute atomic E-state index is 0.0318. The van der Waals surface area contributed by atoms with Crippen LogP contribution in [0.25, 0.3) is 0 Å². The Morgan fingerprint density at radius 1 is 1.39 bits per heavy atom. The third-order valence-electron chi connectivity index (χ3n) is 3.49. The number of thiazole rings is 1. The van der Waals surface area contributed by atoms with Crippen LogP contribution in [0.2, 0.25) is 5.02 Å². The maximum atomic E-state index is 11.9. The first-order valence-corrected chi connectivity index (χ1v) is 8.96. The second kappa shape index (κ2) is 9.01. The predicted molar refractivity (Wildman–Crippen MR) is 95.7 cm³/mol. The summed E-state index contributed by atoms with van der Waals surface area (Å²) in [5, 5.41) is 6.84. The molecule has 0 radical (unpaired) electrons. The van der Waals surface area contributed by atoms with Crippen molar-refractivity contribution in [2.24, 2.45) is 0 Å². The van der Waals surface area contributed by atoms with E-state index in [1.54, 1.807) is 11.3 Å². The highest BCUT2D eigenvalue weighted by molar-refractivity contribution is 7.09. The molecule has 4 nitrogen and oxygen atoms in total. The molecule has 0 fully saturated rings. The van der Waals surface area contributed by atoms with E-state index in [2.05, 4.69) is 27.5 Å². The van der Waals surface area contributed by atoms with E-state index >= 15 is 0 Å². The monoisotopic (exact) mass is 351 g/mol. The van der Waals surface area contributed by atoms with Crippen LogP contribution in [0, 0.1) is 0 Å². The SMILES string of the molecule is CCc1nc(CN(C)CCC(=O)NCc2ccccc2Cl)cs1. The summed E-state index contributed by atoms with van der Waals surface area (Å²) in [6, 6.07) is 7.54. The van der Waals surface area contributed by atoms with Gasteiger partial charge < -0.3 is 10.2 Å². The van der Waals surface area contributed by atoms with Crippen molar-refractivity contribution in [2.45, 2.75) is 32.9 Å². The third-order valence-corrected chi connectivity index (χ3v) is 4.90. The first-order chi connectivity index (χ1) is 11.1. The van der Waals surface area contributed by atoms with Crippen LogP contribution in [0.4, 0.5) is 0 Å². The number of hydrogen-bond acceptors (Lipinski definition) is 4. The van der Waals surface area contributed by atoms with Gasteiger partial charge in [0.05, 0.1) is 10.7 Å². The third kappa shape index (κ3) is 5.94. The highest BCUT2D eigenvalue weighted by Gasteiger charge is 2.08. The smallest absolute Gasteiger partial charge is 0.221 e. The van der Waals surface area contributed by atoms with Crippen LogP contribution >= 0.6 is 22.9 Å². The average molecular weight is 352 g/mol. The molecular formula is C17H22ClN3OS. The van der Waals surface area contributed by atoms with Crippen LogP contribution in [-0.4, -0.2) is 29.4 Å². The molecule has 0 unspecified atom stereocenters. The molecule has 2 rings (SSSR count). The summed E-state index contributed by atoms with van der Waals surface area (Å²) in [5.41, 5.74) is 2.01. The Hall–Kier alpha value is -1.43. The quantitative estimate of drug-likeness (QED) is 0.791. The molecule has 0 aliphatic rings. The molecule has 0 saturated carbocycles. The molecule has 1 amide bonds. The highest BCUT2D eigenvalue weighted by Crippen LogP contribution is 2.14. The second-order valence-electron chi connectivity index (χ2n) is 5.44. The minimum atomic E-state index is 0.0318. The first kappa shape index (κ1) is 17.9. The lowest BCUT2D eigenvalue weighted by molar-refractivity contribution is -0.121. The molecule has 0 spiro atoms. The molecule has 1 heterocycles. The molecule has 0 aliphatic carbocycles. The molecule has 0 aliphatic heterocycles. The Balaban J connectivity index is 1.70. The molecule has 23 heavy (non-hydrogen) atoms. The van der Waals surface area contributed by atoms with Crippen molar-refractivity contribution in [3.05, 3.63) is 50.9 Å². The lowest BCUT2D eigenvalue weighted by Gasteiger charge is -2.15. The zero-order valence-corrected chi connectivity index (χ0v) is 15.1. The van der Waals surface area contributed by atoms with Crippen LogP contribution < -0.4 is 5.32 Å². The van der Waals surface area contributed by atoms with Crippen molar-refractivity contribution in [1.29, 1.82) is 0 Å². The molecular weight excluding hydrogens is 330 g/mol. The fourth-order valence-corrected chi connectivity index (χ4v) is 3.09. The number of benzene rings is 1. The lowest BCUT2D eigenvalue weighted by Crippen LogP contribution is -2.28. The molecule has 1 aromatic heterocycles. The first-order valence-electron chi connectivity index (χ1n) is 7.70. The normalized spacial score (nSPS) is 11.0. The Bertz CT molecular complexity index is 644. The summed E-state index contributed by atoms with van der Waals surface area (Å²) in [6.07, 6.45) is 1.44. The number of hydrogen-bond donors (Lipinski definition) is 1. The molecule has 0 bridgehead atoms. The number of carbonyl (C=O) groups excluding carboxylic acids is 1. The number of nitrogens with zero attached hydrogens (tertiary/aromatic N) is 2. The van der Waals surface area contributed by atoms with E-state index in [-0.39, 0.29) is 5.91 Å². The number of aryl methyl sites for hydroxylation is 1. The summed E-state index contributed by atoms with van der Waals surface area (Å²) in [4.78, 5) is 18.6. The zero-order chi connectivity index (χ0) is 16.7. The van der Waals surface area contributed by atoms with Gasteiger partial charge in [-0.05, 0) is 25.1 Å². The van der Waals surface area contributed by atoms with Gasteiger partial charge in [0.2, 0.25) is 5.91 Å². The fraction of sp³-hybridized carbons (Fsp3) is 0.412. The van der Waals surface area contributed by atoms with Gasteiger partial charge in [0, 0.05) is 36.5 Å². The number of rotatable bonds is 8. The van der Waals surface area contributed by atoms with E-state index in [9.17, 15) is 4.79 Å². The van der Waals surface area contributed by atoms with E-state index < -0.39 is 0 Å². The van der Waals surface area contributed by atoms with Crippen LogP contribution in [0.15, 0.2) is 29.6 Å². The van der Waals surface area contributed by atoms with Gasteiger partial charge in [-0.1, -0.05) is 36.7 Å². The van der Waals surface area contributed by atoms with Crippen molar-refractivity contribution < 1.29 is 4.79 Å². The van der Waals surface area contributed by atoms with E-state index in [4.69, 9.17) is 11.6 Å². The maximum absolute atomic E-state index is 11.9. The molecule has 124 valence electrons. The van der Waals surface area contributed by atoms with Gasteiger partial charge in [-0.3, -0.25) is 4.79 Å². The number of aromatic nitrogens is 1. The minimum Gasteiger partial charge on any atom is -0.352 e. The maximum Gasteiger partial charge on any atom is 0.221 e. The van der Waals surface area contributed by atoms with Crippen LogP contribution in [0.1, 0.15) is 29.6 Å². The van der Waals surface area contributed by atoms with Gasteiger partial charge in [-0.25, -0.2) is 4.98 Å². The van der Waals surface area contributed by atoms with Gasteiger partial charge in [0.25, 0.3) is 0 Å². The summed E-state index contributed by atoms with van der Waals surface area (Å²) in [6.45, 7) is 4.05. The van der Waals surface area contributed by atoms with Gasteiger partial charge in [0.1, 0.15) is 0 Å².